The lowest BCUT2D eigenvalue weighted by molar-refractivity contribution is -0.274. The van der Waals surface area contributed by atoms with E-state index in [9.17, 15) is 13.2 Å². The zero-order valence-corrected chi connectivity index (χ0v) is 9.82. The third kappa shape index (κ3) is 3.45. The normalized spacial score (nSPS) is 11.4. The van der Waals surface area contributed by atoms with Gasteiger partial charge in [0.2, 0.25) is 0 Å². The summed E-state index contributed by atoms with van der Waals surface area (Å²) in [7, 11) is 0. The molecule has 0 aliphatic carbocycles. The molecule has 1 aromatic heterocycles. The summed E-state index contributed by atoms with van der Waals surface area (Å²) in [6.07, 6.45) is -3.25. The zero-order valence-electron chi connectivity index (χ0n) is 9.82. The molecule has 3 nitrogen and oxygen atoms in total. The molecule has 6 heteroatoms. The molecule has 0 aliphatic heterocycles. The van der Waals surface area contributed by atoms with Crippen molar-refractivity contribution < 1.29 is 17.9 Å². The topological polar surface area (TPSA) is 48.1 Å². The first-order chi connectivity index (χ1) is 8.99. The van der Waals surface area contributed by atoms with E-state index in [0.29, 0.717) is 16.8 Å². The van der Waals surface area contributed by atoms with Gasteiger partial charge in [-0.2, -0.15) is 0 Å². The lowest BCUT2D eigenvalue weighted by Crippen LogP contribution is -2.17. The summed E-state index contributed by atoms with van der Waals surface area (Å²) >= 11 is 0. The van der Waals surface area contributed by atoms with Crippen LogP contribution in [0.15, 0.2) is 42.6 Å². The van der Waals surface area contributed by atoms with Gasteiger partial charge >= 0.3 is 6.36 Å². The predicted molar refractivity (Wildman–Crippen MR) is 64.2 cm³/mol. The molecular weight excluding hydrogens is 257 g/mol. The minimum atomic E-state index is -4.72. The molecule has 1 heterocycles. The quantitative estimate of drug-likeness (QED) is 0.930. The standard InChI is InChI=1S/C13H11F3N2O/c14-13(15,16)19-12-4-2-1-3-11(12)9-5-6-10(7-17)18-8-9/h1-6,8H,7,17H2. The van der Waals surface area contributed by atoms with Crippen molar-refractivity contribution in [1.29, 1.82) is 0 Å². The fourth-order valence-corrected chi connectivity index (χ4v) is 1.62. The average molecular weight is 268 g/mol. The maximum atomic E-state index is 12.3. The van der Waals surface area contributed by atoms with Gasteiger partial charge in [-0.15, -0.1) is 13.2 Å². The van der Waals surface area contributed by atoms with Gasteiger partial charge < -0.3 is 10.5 Å². The Bertz CT molecular complexity index is 553. The number of halogens is 3. The minimum Gasteiger partial charge on any atom is -0.405 e. The van der Waals surface area contributed by atoms with Crippen molar-refractivity contribution in [1.82, 2.24) is 4.98 Å². The van der Waals surface area contributed by atoms with E-state index in [4.69, 9.17) is 5.73 Å². The molecule has 0 atom stereocenters. The van der Waals surface area contributed by atoms with Gasteiger partial charge in [-0.05, 0) is 12.1 Å². The summed E-state index contributed by atoms with van der Waals surface area (Å²) in [6, 6.07) is 9.25. The van der Waals surface area contributed by atoms with Gasteiger partial charge in [-0.1, -0.05) is 24.3 Å². The van der Waals surface area contributed by atoms with Crippen LogP contribution in [0.25, 0.3) is 11.1 Å². The Morgan fingerprint density at radius 2 is 1.84 bits per heavy atom. The molecule has 0 amide bonds. The molecule has 0 aliphatic rings. The molecule has 0 spiro atoms. The van der Waals surface area contributed by atoms with Crippen LogP contribution in [0.3, 0.4) is 0 Å². The van der Waals surface area contributed by atoms with Crippen molar-refractivity contribution in [3.05, 3.63) is 48.3 Å². The number of hydrogen-bond acceptors (Lipinski definition) is 3. The predicted octanol–water partition coefficient (Wildman–Crippen LogP) is 3.11. The third-order valence-corrected chi connectivity index (χ3v) is 2.46. The van der Waals surface area contributed by atoms with E-state index in [0.717, 1.165) is 0 Å². The van der Waals surface area contributed by atoms with Crippen molar-refractivity contribution in [3.8, 4) is 16.9 Å². The molecular formula is C13H11F3N2O. The van der Waals surface area contributed by atoms with Crippen LogP contribution in [0.1, 0.15) is 5.69 Å². The van der Waals surface area contributed by atoms with Gasteiger partial charge in [0.05, 0.1) is 5.69 Å². The number of pyridine rings is 1. The molecule has 2 rings (SSSR count). The van der Waals surface area contributed by atoms with Crippen molar-refractivity contribution in [2.75, 3.05) is 0 Å². The van der Waals surface area contributed by atoms with E-state index < -0.39 is 6.36 Å². The largest absolute Gasteiger partial charge is 0.573 e. The second kappa shape index (κ2) is 5.27. The van der Waals surface area contributed by atoms with Crippen LogP contribution >= 0.6 is 0 Å². The first-order valence-corrected chi connectivity index (χ1v) is 5.50. The molecule has 19 heavy (non-hydrogen) atoms. The smallest absolute Gasteiger partial charge is 0.405 e. The molecule has 2 aromatic rings. The van der Waals surface area contributed by atoms with Crippen molar-refractivity contribution >= 4 is 0 Å². The summed E-state index contributed by atoms with van der Waals surface area (Å²) < 4.78 is 40.9. The van der Waals surface area contributed by atoms with Gasteiger partial charge in [0.15, 0.2) is 0 Å². The van der Waals surface area contributed by atoms with Gasteiger partial charge in [-0.25, -0.2) is 0 Å². The highest BCUT2D eigenvalue weighted by Crippen LogP contribution is 2.33. The Balaban J connectivity index is 2.38. The number of aromatic nitrogens is 1. The second-order valence-corrected chi connectivity index (χ2v) is 3.79. The first-order valence-electron chi connectivity index (χ1n) is 5.50. The average Bonchev–Trinajstić information content (AvgIpc) is 2.38. The van der Waals surface area contributed by atoms with Crippen LogP contribution < -0.4 is 10.5 Å². The number of hydrogen-bond donors (Lipinski definition) is 1. The molecule has 2 N–H and O–H groups in total. The number of benzene rings is 1. The molecule has 100 valence electrons. The number of ether oxygens (including phenoxy) is 1. The van der Waals surface area contributed by atoms with Crippen LogP contribution in [0, 0.1) is 0 Å². The Labute approximate surface area is 107 Å². The Hall–Kier alpha value is -2.08. The van der Waals surface area contributed by atoms with Crippen LogP contribution in [0.2, 0.25) is 0 Å². The third-order valence-electron chi connectivity index (χ3n) is 2.46. The van der Waals surface area contributed by atoms with Crippen molar-refractivity contribution in [2.45, 2.75) is 12.9 Å². The van der Waals surface area contributed by atoms with Crippen molar-refractivity contribution in [3.63, 3.8) is 0 Å². The number of para-hydroxylation sites is 1. The van der Waals surface area contributed by atoms with E-state index in [1.807, 2.05) is 0 Å². The fourth-order valence-electron chi connectivity index (χ4n) is 1.62. The van der Waals surface area contributed by atoms with E-state index in [1.165, 1.54) is 18.3 Å². The Morgan fingerprint density at radius 3 is 2.42 bits per heavy atom. The van der Waals surface area contributed by atoms with E-state index in [2.05, 4.69) is 9.72 Å². The fraction of sp³-hybridized carbons (Fsp3) is 0.154. The van der Waals surface area contributed by atoms with Crippen LogP contribution in [-0.2, 0) is 6.54 Å². The highest BCUT2D eigenvalue weighted by atomic mass is 19.4. The van der Waals surface area contributed by atoms with Crippen LogP contribution in [0.5, 0.6) is 5.75 Å². The van der Waals surface area contributed by atoms with Gasteiger partial charge in [0.25, 0.3) is 0 Å². The van der Waals surface area contributed by atoms with Crippen LogP contribution in [-0.4, -0.2) is 11.3 Å². The second-order valence-electron chi connectivity index (χ2n) is 3.79. The molecule has 0 saturated heterocycles. The Kier molecular flexibility index (Phi) is 3.71. The van der Waals surface area contributed by atoms with Crippen molar-refractivity contribution in [2.24, 2.45) is 5.73 Å². The number of rotatable bonds is 3. The van der Waals surface area contributed by atoms with Gasteiger partial charge in [0.1, 0.15) is 5.75 Å². The molecule has 0 radical (unpaired) electrons. The van der Waals surface area contributed by atoms with Gasteiger partial charge in [-0.3, -0.25) is 4.98 Å². The maximum absolute atomic E-state index is 12.3. The summed E-state index contributed by atoms with van der Waals surface area (Å²) in [6.45, 7) is 0.279. The monoisotopic (exact) mass is 268 g/mol. The molecule has 0 unspecified atom stereocenters. The van der Waals surface area contributed by atoms with E-state index in [1.54, 1.807) is 24.3 Å². The number of nitrogens with two attached hydrogens (primary N) is 1. The lowest BCUT2D eigenvalue weighted by atomic mass is 10.1. The minimum absolute atomic E-state index is 0.253. The number of alkyl halides is 3. The summed E-state index contributed by atoms with van der Waals surface area (Å²) in [5.41, 5.74) is 6.95. The highest BCUT2D eigenvalue weighted by molar-refractivity contribution is 5.69. The lowest BCUT2D eigenvalue weighted by Gasteiger charge is -2.13. The van der Waals surface area contributed by atoms with Gasteiger partial charge in [0, 0.05) is 23.9 Å². The molecule has 0 fully saturated rings. The van der Waals surface area contributed by atoms with Crippen LogP contribution in [0.4, 0.5) is 13.2 Å². The Morgan fingerprint density at radius 1 is 1.11 bits per heavy atom. The molecule has 0 saturated carbocycles. The summed E-state index contributed by atoms with van der Waals surface area (Å²) in [4.78, 5) is 4.05. The number of nitrogens with zero attached hydrogens (tertiary/aromatic N) is 1. The maximum Gasteiger partial charge on any atom is 0.573 e. The van der Waals surface area contributed by atoms with E-state index in [-0.39, 0.29) is 12.3 Å². The summed E-state index contributed by atoms with van der Waals surface area (Å²) in [5, 5.41) is 0. The van der Waals surface area contributed by atoms with E-state index >= 15 is 0 Å². The zero-order chi connectivity index (χ0) is 13.9. The summed E-state index contributed by atoms with van der Waals surface area (Å²) in [5.74, 6) is -0.253. The molecule has 1 aromatic carbocycles. The molecule has 0 bridgehead atoms. The first kappa shape index (κ1) is 13.4. The SMILES string of the molecule is NCc1ccc(-c2ccccc2OC(F)(F)F)cn1. The highest BCUT2D eigenvalue weighted by Gasteiger charge is 2.32.